The van der Waals surface area contributed by atoms with Crippen LogP contribution in [0.3, 0.4) is 0 Å². The van der Waals surface area contributed by atoms with E-state index in [9.17, 15) is 4.79 Å². The number of amides is 1. The Morgan fingerprint density at radius 2 is 2.19 bits per heavy atom. The standard InChI is InChI=1S/C17H15N3O/c18-10-12-2-1-3-13(8-12)11-20-17(21)15-5-4-14-6-7-19-16(14)9-15/h1-5,8-9,19H,6-7,11H2,(H,20,21). The van der Waals surface area contributed by atoms with Crippen molar-refractivity contribution in [1.82, 2.24) is 5.32 Å². The van der Waals surface area contributed by atoms with E-state index in [-0.39, 0.29) is 5.91 Å². The van der Waals surface area contributed by atoms with E-state index >= 15 is 0 Å². The fraction of sp³-hybridized carbons (Fsp3) is 0.176. The van der Waals surface area contributed by atoms with E-state index in [1.54, 1.807) is 12.1 Å². The summed E-state index contributed by atoms with van der Waals surface area (Å²) < 4.78 is 0. The number of carbonyl (C=O) groups excluding carboxylic acids is 1. The van der Waals surface area contributed by atoms with Gasteiger partial charge in [0.15, 0.2) is 0 Å². The summed E-state index contributed by atoms with van der Waals surface area (Å²) in [4.78, 5) is 12.2. The minimum Gasteiger partial charge on any atom is -0.384 e. The second-order valence-corrected chi connectivity index (χ2v) is 5.04. The molecule has 0 spiro atoms. The van der Waals surface area contributed by atoms with Crippen LogP contribution in [-0.4, -0.2) is 12.5 Å². The molecule has 1 heterocycles. The molecule has 0 atom stereocenters. The molecule has 3 rings (SSSR count). The summed E-state index contributed by atoms with van der Waals surface area (Å²) in [6.07, 6.45) is 1.01. The number of anilines is 1. The van der Waals surface area contributed by atoms with Crippen LogP contribution in [0.4, 0.5) is 5.69 Å². The molecule has 0 aliphatic carbocycles. The molecule has 0 unspecified atom stereocenters. The lowest BCUT2D eigenvalue weighted by Crippen LogP contribution is -2.22. The van der Waals surface area contributed by atoms with Gasteiger partial charge in [0, 0.05) is 24.3 Å². The summed E-state index contributed by atoms with van der Waals surface area (Å²) in [5, 5.41) is 15.0. The van der Waals surface area contributed by atoms with Gasteiger partial charge in [0.1, 0.15) is 0 Å². The van der Waals surface area contributed by atoms with Crippen LogP contribution in [0.15, 0.2) is 42.5 Å². The van der Waals surface area contributed by atoms with Gasteiger partial charge >= 0.3 is 0 Å². The van der Waals surface area contributed by atoms with E-state index in [0.717, 1.165) is 24.2 Å². The number of carbonyl (C=O) groups is 1. The highest BCUT2D eigenvalue weighted by molar-refractivity contribution is 5.95. The first-order valence-electron chi connectivity index (χ1n) is 6.90. The van der Waals surface area contributed by atoms with Crippen LogP contribution in [0.5, 0.6) is 0 Å². The molecule has 0 bridgehead atoms. The summed E-state index contributed by atoms with van der Waals surface area (Å²) >= 11 is 0. The normalized spacial score (nSPS) is 12.1. The van der Waals surface area contributed by atoms with Crippen molar-refractivity contribution in [3.8, 4) is 6.07 Å². The van der Waals surface area contributed by atoms with E-state index in [4.69, 9.17) is 5.26 Å². The minimum atomic E-state index is -0.103. The van der Waals surface area contributed by atoms with Crippen molar-refractivity contribution in [2.75, 3.05) is 11.9 Å². The average Bonchev–Trinajstić information content (AvgIpc) is 3.00. The first-order valence-corrected chi connectivity index (χ1v) is 6.90. The van der Waals surface area contributed by atoms with Gasteiger partial charge in [0.25, 0.3) is 5.91 Å². The zero-order valence-electron chi connectivity index (χ0n) is 11.5. The smallest absolute Gasteiger partial charge is 0.251 e. The highest BCUT2D eigenvalue weighted by Crippen LogP contribution is 2.23. The van der Waals surface area contributed by atoms with E-state index in [2.05, 4.69) is 16.7 Å². The molecule has 1 amide bonds. The Bertz CT molecular complexity index is 731. The third kappa shape index (κ3) is 2.87. The van der Waals surface area contributed by atoms with E-state index in [1.807, 2.05) is 30.3 Å². The van der Waals surface area contributed by atoms with Crippen molar-refractivity contribution in [3.05, 3.63) is 64.7 Å². The Kier molecular flexibility index (Phi) is 3.57. The van der Waals surface area contributed by atoms with Crippen LogP contribution in [0, 0.1) is 11.3 Å². The molecule has 4 heteroatoms. The number of rotatable bonds is 3. The van der Waals surface area contributed by atoms with Gasteiger partial charge in [-0.2, -0.15) is 5.26 Å². The SMILES string of the molecule is N#Cc1cccc(CNC(=O)c2ccc3c(c2)NCC3)c1. The van der Waals surface area contributed by atoms with Gasteiger partial charge in [-0.25, -0.2) is 0 Å². The predicted octanol–water partition coefficient (Wildman–Crippen LogP) is 2.46. The van der Waals surface area contributed by atoms with Crippen molar-refractivity contribution >= 4 is 11.6 Å². The van der Waals surface area contributed by atoms with Crippen LogP contribution in [0.1, 0.15) is 27.0 Å². The molecule has 2 aromatic carbocycles. The second kappa shape index (κ2) is 5.68. The van der Waals surface area contributed by atoms with Crippen molar-refractivity contribution in [2.24, 2.45) is 0 Å². The number of nitriles is 1. The number of nitrogens with zero attached hydrogens (tertiary/aromatic N) is 1. The zero-order chi connectivity index (χ0) is 14.7. The lowest BCUT2D eigenvalue weighted by atomic mass is 10.1. The highest BCUT2D eigenvalue weighted by atomic mass is 16.1. The molecule has 21 heavy (non-hydrogen) atoms. The molecule has 0 saturated carbocycles. The Morgan fingerprint density at radius 3 is 3.05 bits per heavy atom. The summed E-state index contributed by atoms with van der Waals surface area (Å²) in [6, 6.07) is 15.1. The van der Waals surface area contributed by atoms with Crippen LogP contribution in [-0.2, 0) is 13.0 Å². The highest BCUT2D eigenvalue weighted by Gasteiger charge is 2.13. The third-order valence-corrected chi connectivity index (χ3v) is 3.59. The summed E-state index contributed by atoms with van der Waals surface area (Å²) in [7, 11) is 0. The predicted molar refractivity (Wildman–Crippen MR) is 81.0 cm³/mol. The maximum absolute atomic E-state index is 12.2. The molecule has 1 aliphatic heterocycles. The van der Waals surface area contributed by atoms with Gasteiger partial charge in [-0.3, -0.25) is 4.79 Å². The number of fused-ring (bicyclic) bond motifs is 1. The van der Waals surface area contributed by atoms with Crippen LogP contribution in [0.25, 0.3) is 0 Å². The average molecular weight is 277 g/mol. The lowest BCUT2D eigenvalue weighted by Gasteiger charge is -2.07. The molecule has 0 fully saturated rings. The molecule has 2 aromatic rings. The monoisotopic (exact) mass is 277 g/mol. The molecule has 0 radical (unpaired) electrons. The number of hydrogen-bond donors (Lipinski definition) is 2. The second-order valence-electron chi connectivity index (χ2n) is 5.04. The molecular formula is C17H15N3O. The van der Waals surface area contributed by atoms with Crippen molar-refractivity contribution in [3.63, 3.8) is 0 Å². The van der Waals surface area contributed by atoms with Crippen molar-refractivity contribution in [1.29, 1.82) is 5.26 Å². The Labute approximate surface area is 123 Å². The quantitative estimate of drug-likeness (QED) is 0.905. The summed E-state index contributed by atoms with van der Waals surface area (Å²) in [5.41, 5.74) is 4.48. The summed E-state index contributed by atoms with van der Waals surface area (Å²) in [6.45, 7) is 1.35. The van der Waals surface area contributed by atoms with Gasteiger partial charge in [-0.1, -0.05) is 18.2 Å². The third-order valence-electron chi connectivity index (χ3n) is 3.59. The maximum Gasteiger partial charge on any atom is 0.251 e. The van der Waals surface area contributed by atoms with Gasteiger partial charge in [-0.15, -0.1) is 0 Å². The fourth-order valence-corrected chi connectivity index (χ4v) is 2.47. The molecule has 1 aliphatic rings. The van der Waals surface area contributed by atoms with E-state index in [0.29, 0.717) is 17.7 Å². The van der Waals surface area contributed by atoms with Gasteiger partial charge in [-0.05, 0) is 41.8 Å². The van der Waals surface area contributed by atoms with Crippen molar-refractivity contribution < 1.29 is 4.79 Å². The largest absolute Gasteiger partial charge is 0.384 e. The number of hydrogen-bond acceptors (Lipinski definition) is 3. The Hall–Kier alpha value is -2.80. The molecule has 104 valence electrons. The fourth-order valence-electron chi connectivity index (χ4n) is 2.47. The first kappa shape index (κ1) is 13.2. The van der Waals surface area contributed by atoms with Crippen LogP contribution < -0.4 is 10.6 Å². The number of nitrogens with one attached hydrogen (secondary N) is 2. The molecule has 2 N–H and O–H groups in total. The Balaban J connectivity index is 1.68. The van der Waals surface area contributed by atoms with Gasteiger partial charge < -0.3 is 10.6 Å². The number of benzene rings is 2. The summed E-state index contributed by atoms with van der Waals surface area (Å²) in [5.74, 6) is -0.103. The Morgan fingerprint density at radius 1 is 1.29 bits per heavy atom. The molecular weight excluding hydrogens is 262 g/mol. The van der Waals surface area contributed by atoms with Gasteiger partial charge in [0.05, 0.1) is 11.6 Å². The van der Waals surface area contributed by atoms with Crippen LogP contribution in [0.2, 0.25) is 0 Å². The maximum atomic E-state index is 12.2. The molecule has 0 aromatic heterocycles. The van der Waals surface area contributed by atoms with E-state index in [1.165, 1.54) is 5.56 Å². The van der Waals surface area contributed by atoms with E-state index < -0.39 is 0 Å². The lowest BCUT2D eigenvalue weighted by molar-refractivity contribution is 0.0951. The topological polar surface area (TPSA) is 64.9 Å². The first-order chi connectivity index (χ1) is 10.3. The van der Waals surface area contributed by atoms with Crippen LogP contribution >= 0.6 is 0 Å². The van der Waals surface area contributed by atoms with Crippen molar-refractivity contribution in [2.45, 2.75) is 13.0 Å². The minimum absolute atomic E-state index is 0.103. The zero-order valence-corrected chi connectivity index (χ0v) is 11.5. The molecule has 4 nitrogen and oxygen atoms in total. The molecule has 0 saturated heterocycles. The van der Waals surface area contributed by atoms with Gasteiger partial charge in [0.2, 0.25) is 0 Å².